The molecule has 1 fully saturated rings. The van der Waals surface area contributed by atoms with Crippen molar-refractivity contribution >= 4 is 17.4 Å². The fourth-order valence-electron chi connectivity index (χ4n) is 3.92. The van der Waals surface area contributed by atoms with Gasteiger partial charge in [0.25, 0.3) is 0 Å². The minimum atomic E-state index is -0.0381. The van der Waals surface area contributed by atoms with Gasteiger partial charge >= 0.3 is 0 Å². The number of aliphatic imine (C=N–C) groups is 3. The highest BCUT2D eigenvalue weighted by Gasteiger charge is 2.31. The normalized spacial score (nSPS) is 23.2. The molecule has 1 saturated heterocycles. The van der Waals surface area contributed by atoms with Crippen LogP contribution in [0.15, 0.2) is 50.8 Å². The molecule has 1 unspecified atom stereocenters. The van der Waals surface area contributed by atoms with Crippen molar-refractivity contribution in [3.63, 3.8) is 0 Å². The van der Waals surface area contributed by atoms with Crippen LogP contribution in [-0.4, -0.2) is 66.5 Å². The van der Waals surface area contributed by atoms with Gasteiger partial charge in [-0.25, -0.2) is 15.0 Å². The summed E-state index contributed by atoms with van der Waals surface area (Å²) < 4.78 is 0. The number of allylic oxidation sites excluding steroid dienone is 1. The number of fused-ring (bicyclic) bond motifs is 1. The van der Waals surface area contributed by atoms with E-state index in [2.05, 4.69) is 81.0 Å². The molecular formula is C23H32N6. The van der Waals surface area contributed by atoms with Gasteiger partial charge in [0.2, 0.25) is 0 Å². The number of piperazine rings is 1. The molecule has 3 heterocycles. The molecule has 6 nitrogen and oxygen atoms in total. The van der Waals surface area contributed by atoms with E-state index in [0.717, 1.165) is 60.6 Å². The first-order chi connectivity index (χ1) is 13.7. The number of likely N-dealkylation sites (N-methyl/N-ethyl adjacent to an activating group) is 1. The van der Waals surface area contributed by atoms with E-state index in [1.54, 1.807) is 0 Å². The van der Waals surface area contributed by atoms with E-state index < -0.39 is 0 Å². The Hall–Kier alpha value is -2.47. The minimum absolute atomic E-state index is 0.0381. The maximum atomic E-state index is 4.99. The zero-order chi connectivity index (χ0) is 20.8. The van der Waals surface area contributed by atoms with Crippen LogP contribution >= 0.6 is 0 Å². The lowest BCUT2D eigenvalue weighted by Crippen LogP contribution is -2.50. The summed E-state index contributed by atoms with van der Waals surface area (Å²) in [5.74, 6) is 2.58. The van der Waals surface area contributed by atoms with Crippen LogP contribution < -0.4 is 5.32 Å². The van der Waals surface area contributed by atoms with E-state index in [-0.39, 0.29) is 11.5 Å². The number of rotatable bonds is 2. The summed E-state index contributed by atoms with van der Waals surface area (Å²) in [7, 11) is 2.17. The Balaban J connectivity index is 1.64. The fraction of sp³-hybridized carbons (Fsp3) is 0.522. The monoisotopic (exact) mass is 392 g/mol. The molecule has 1 aromatic rings. The lowest BCUT2D eigenvalue weighted by Gasteiger charge is -2.37. The number of hydrogen-bond acceptors (Lipinski definition) is 6. The fourth-order valence-corrected chi connectivity index (χ4v) is 3.92. The number of nitrogens with one attached hydrogen (secondary N) is 1. The van der Waals surface area contributed by atoms with Crippen molar-refractivity contribution in [2.75, 3.05) is 33.2 Å². The molecule has 0 radical (unpaired) electrons. The summed E-state index contributed by atoms with van der Waals surface area (Å²) >= 11 is 0. The third-order valence-electron chi connectivity index (χ3n) is 5.91. The third kappa shape index (κ3) is 3.99. The van der Waals surface area contributed by atoms with Crippen LogP contribution in [0.4, 0.5) is 0 Å². The predicted molar refractivity (Wildman–Crippen MR) is 121 cm³/mol. The van der Waals surface area contributed by atoms with Crippen LogP contribution in [0.3, 0.4) is 0 Å². The predicted octanol–water partition coefficient (Wildman–Crippen LogP) is 3.01. The standard InChI is InChI=1S/C23H32N6/c1-15-19-21(27-22(16(2)24-19)29-13-11-28(6)12-14-29)26-20(25-15)17-7-9-18(10-8-17)23(3,4)5/h7-10,19,24H,11-14H2,1-6H3. The first kappa shape index (κ1) is 19.8. The van der Waals surface area contributed by atoms with Crippen molar-refractivity contribution in [2.24, 2.45) is 15.0 Å². The highest BCUT2D eigenvalue weighted by Crippen LogP contribution is 2.25. The Labute approximate surface area is 174 Å². The van der Waals surface area contributed by atoms with E-state index in [4.69, 9.17) is 15.0 Å². The highest BCUT2D eigenvalue weighted by molar-refractivity contribution is 6.23. The largest absolute Gasteiger partial charge is 0.371 e. The van der Waals surface area contributed by atoms with Crippen molar-refractivity contribution in [1.82, 2.24) is 15.1 Å². The van der Waals surface area contributed by atoms with Gasteiger partial charge in [0.15, 0.2) is 11.7 Å². The molecule has 1 atom stereocenters. The molecular weight excluding hydrogens is 360 g/mol. The topological polar surface area (TPSA) is 55.6 Å². The summed E-state index contributed by atoms with van der Waals surface area (Å²) in [5.41, 5.74) is 4.58. The Kier molecular flexibility index (Phi) is 5.07. The van der Waals surface area contributed by atoms with Gasteiger partial charge in [-0.2, -0.15) is 0 Å². The molecule has 1 N–H and O–H groups in total. The number of nitrogens with zero attached hydrogens (tertiary/aromatic N) is 5. The highest BCUT2D eigenvalue weighted by atomic mass is 15.3. The summed E-state index contributed by atoms with van der Waals surface area (Å²) in [6.45, 7) is 14.9. The quantitative estimate of drug-likeness (QED) is 0.842. The molecule has 4 rings (SSSR count). The molecule has 154 valence electrons. The lowest BCUT2D eigenvalue weighted by atomic mass is 9.86. The number of hydrogen-bond donors (Lipinski definition) is 1. The summed E-state index contributed by atoms with van der Waals surface area (Å²) in [4.78, 5) is 19.4. The zero-order valence-corrected chi connectivity index (χ0v) is 18.5. The second-order valence-electron chi connectivity index (χ2n) is 9.30. The van der Waals surface area contributed by atoms with Crippen molar-refractivity contribution in [3.8, 4) is 0 Å². The molecule has 0 aliphatic carbocycles. The summed E-state index contributed by atoms with van der Waals surface area (Å²) in [5, 5.41) is 3.58. The molecule has 0 saturated carbocycles. The van der Waals surface area contributed by atoms with Crippen molar-refractivity contribution in [3.05, 3.63) is 46.9 Å². The molecule has 1 aromatic carbocycles. The van der Waals surface area contributed by atoms with E-state index in [1.165, 1.54) is 5.56 Å². The first-order valence-electron chi connectivity index (χ1n) is 10.5. The van der Waals surface area contributed by atoms with Gasteiger partial charge in [0.05, 0.1) is 5.70 Å². The first-order valence-corrected chi connectivity index (χ1v) is 10.5. The van der Waals surface area contributed by atoms with E-state index in [1.807, 2.05) is 0 Å². The van der Waals surface area contributed by atoms with Crippen LogP contribution in [0.25, 0.3) is 0 Å². The average molecular weight is 393 g/mol. The second kappa shape index (κ2) is 7.41. The lowest BCUT2D eigenvalue weighted by molar-refractivity contribution is 0.182. The van der Waals surface area contributed by atoms with Gasteiger partial charge < -0.3 is 15.1 Å². The smallest absolute Gasteiger partial charge is 0.161 e. The van der Waals surface area contributed by atoms with E-state index in [9.17, 15) is 0 Å². The van der Waals surface area contributed by atoms with E-state index in [0.29, 0.717) is 0 Å². The molecule has 29 heavy (non-hydrogen) atoms. The zero-order valence-electron chi connectivity index (χ0n) is 18.5. The Bertz CT molecular complexity index is 906. The van der Waals surface area contributed by atoms with Gasteiger partial charge in [-0.1, -0.05) is 45.0 Å². The SMILES string of the molecule is CC1=NC(c2ccc(C(C)(C)C)cc2)=NC2=NC(N3CCN(C)CC3)=C(C)NC12. The van der Waals surface area contributed by atoms with Gasteiger partial charge in [0, 0.05) is 37.5 Å². The number of benzene rings is 1. The summed E-state index contributed by atoms with van der Waals surface area (Å²) in [6, 6.07) is 8.56. The Morgan fingerprint density at radius 3 is 2.21 bits per heavy atom. The van der Waals surface area contributed by atoms with Crippen molar-refractivity contribution in [2.45, 2.75) is 46.1 Å². The maximum absolute atomic E-state index is 4.99. The molecule has 0 amide bonds. The Morgan fingerprint density at radius 1 is 0.931 bits per heavy atom. The van der Waals surface area contributed by atoms with Crippen LogP contribution in [0, 0.1) is 0 Å². The third-order valence-corrected chi connectivity index (χ3v) is 5.91. The second-order valence-corrected chi connectivity index (χ2v) is 9.30. The maximum Gasteiger partial charge on any atom is 0.161 e. The van der Waals surface area contributed by atoms with Crippen LogP contribution in [0.5, 0.6) is 0 Å². The summed E-state index contributed by atoms with van der Waals surface area (Å²) in [6.07, 6.45) is 0. The van der Waals surface area contributed by atoms with Gasteiger partial charge in [-0.15, -0.1) is 0 Å². The molecule has 6 heteroatoms. The van der Waals surface area contributed by atoms with E-state index >= 15 is 0 Å². The van der Waals surface area contributed by atoms with Gasteiger partial charge in [0.1, 0.15) is 11.9 Å². The van der Waals surface area contributed by atoms with Crippen LogP contribution in [0.1, 0.15) is 45.7 Å². The van der Waals surface area contributed by atoms with Crippen molar-refractivity contribution in [1.29, 1.82) is 0 Å². The minimum Gasteiger partial charge on any atom is -0.371 e. The number of amidine groups is 2. The molecule has 3 aliphatic rings. The van der Waals surface area contributed by atoms with Crippen molar-refractivity contribution < 1.29 is 0 Å². The molecule has 0 spiro atoms. The molecule has 3 aliphatic heterocycles. The van der Waals surface area contributed by atoms with Crippen LogP contribution in [0.2, 0.25) is 0 Å². The molecule has 0 aromatic heterocycles. The average Bonchev–Trinajstić information content (AvgIpc) is 2.68. The van der Waals surface area contributed by atoms with Gasteiger partial charge in [-0.3, -0.25) is 0 Å². The molecule has 0 bridgehead atoms. The Morgan fingerprint density at radius 2 is 1.59 bits per heavy atom. The van der Waals surface area contributed by atoms with Crippen LogP contribution in [-0.2, 0) is 5.41 Å². The van der Waals surface area contributed by atoms with Gasteiger partial charge in [-0.05, 0) is 31.9 Å².